The Hall–Kier alpha value is -4.67. The van der Waals surface area contributed by atoms with Crippen molar-refractivity contribution in [3.63, 3.8) is 0 Å². The summed E-state index contributed by atoms with van der Waals surface area (Å²) >= 11 is 0. The highest BCUT2D eigenvalue weighted by Crippen LogP contribution is 2.51. The van der Waals surface area contributed by atoms with Crippen LogP contribution >= 0.6 is 0 Å². The Morgan fingerprint density at radius 1 is 0.898 bits per heavy atom. The Morgan fingerprint density at radius 3 is 2.33 bits per heavy atom. The van der Waals surface area contributed by atoms with Crippen molar-refractivity contribution >= 4 is 36.6 Å². The molecule has 0 radical (unpaired) electrons. The van der Waals surface area contributed by atoms with Crippen LogP contribution in [0.5, 0.6) is 11.5 Å². The van der Waals surface area contributed by atoms with Gasteiger partial charge in [0.15, 0.2) is 0 Å². The number of ether oxygens (including phenoxy) is 1. The van der Waals surface area contributed by atoms with Crippen LogP contribution in [0.25, 0.3) is 11.6 Å². The van der Waals surface area contributed by atoms with Crippen molar-refractivity contribution in [2.24, 2.45) is 17.8 Å². The molecule has 6 rings (SSSR count). The maximum atomic E-state index is 14.0. The number of nitrogens with zero attached hydrogens (tertiary/aromatic N) is 1. The predicted molar refractivity (Wildman–Crippen MR) is 186 cm³/mol. The summed E-state index contributed by atoms with van der Waals surface area (Å²) in [5, 5.41) is 29.8. The molecule has 3 aromatic rings. The van der Waals surface area contributed by atoms with Crippen LogP contribution < -0.4 is 4.74 Å². The number of carboxylic acids is 1. The number of unbranched alkanes of at least 4 members (excludes halogenated alkanes) is 2. The van der Waals surface area contributed by atoms with Crippen molar-refractivity contribution in [2.45, 2.75) is 57.4 Å². The van der Waals surface area contributed by atoms with Gasteiger partial charge in [-0.3, -0.25) is 19.3 Å². The summed E-state index contributed by atoms with van der Waals surface area (Å²) in [6.45, 7) is 0.494. The van der Waals surface area contributed by atoms with E-state index in [2.05, 4.69) is 6.08 Å². The highest BCUT2D eigenvalue weighted by Gasteiger charge is 2.57. The minimum Gasteiger partial charge on any atom is -0.508 e. The van der Waals surface area contributed by atoms with Crippen LogP contribution in [0, 0.1) is 17.8 Å². The lowest BCUT2D eigenvalue weighted by molar-refractivity contribution is -0.141. The second-order valence-electron chi connectivity index (χ2n) is 13.1. The summed E-state index contributed by atoms with van der Waals surface area (Å²) in [6, 6.07) is 26.5. The van der Waals surface area contributed by atoms with Gasteiger partial charge < -0.3 is 24.6 Å². The predicted octanol–water partition coefficient (Wildman–Crippen LogP) is 6.23. The molecule has 0 unspecified atom stereocenters. The fraction of sp³-hybridized carbons (Fsp3) is 0.359. The van der Waals surface area contributed by atoms with Crippen LogP contribution in [0.1, 0.15) is 56.1 Å². The number of aliphatic carboxylic acids is 1. The first-order valence-corrected chi connectivity index (χ1v) is 17.1. The van der Waals surface area contributed by atoms with Crippen LogP contribution in [0.15, 0.2) is 96.1 Å². The molecule has 3 aromatic carbocycles. The number of carbonyl (C=O) groups excluding carboxylic acids is 2. The monoisotopic (exact) mass is 663 g/mol. The Bertz CT molecular complexity index is 1690. The molecule has 2 amide bonds. The van der Waals surface area contributed by atoms with E-state index >= 15 is 0 Å². The summed E-state index contributed by atoms with van der Waals surface area (Å²) in [5.74, 6) is -1.91. The lowest BCUT2D eigenvalue weighted by Gasteiger charge is -2.43. The third kappa shape index (κ3) is 8.15. The number of benzene rings is 3. The molecule has 2 aliphatic heterocycles. The van der Waals surface area contributed by atoms with E-state index in [1.807, 2.05) is 72.8 Å². The molecule has 2 saturated heterocycles. The number of phenols is 1. The zero-order valence-corrected chi connectivity index (χ0v) is 27.4. The van der Waals surface area contributed by atoms with E-state index in [1.54, 1.807) is 12.1 Å². The summed E-state index contributed by atoms with van der Waals surface area (Å²) in [5.41, 5.74) is 4.92. The first-order chi connectivity index (χ1) is 23.8. The molecule has 9 nitrogen and oxygen atoms in total. The van der Waals surface area contributed by atoms with Crippen LogP contribution in [0.4, 0.5) is 0 Å². The lowest BCUT2D eigenvalue weighted by Crippen LogP contribution is -2.46. The average molecular weight is 664 g/mol. The number of allylic oxidation sites excluding steroid dienone is 1. The number of fused-ring (bicyclic) bond motifs is 3. The lowest BCUT2D eigenvalue weighted by atomic mass is 9.58. The highest BCUT2D eigenvalue weighted by molar-refractivity contribution is 6.43. The van der Waals surface area contributed by atoms with E-state index in [9.17, 15) is 24.5 Å². The van der Waals surface area contributed by atoms with Crippen LogP contribution in [0.2, 0.25) is 6.32 Å². The molecule has 0 spiro atoms. The smallest absolute Gasteiger partial charge is 0.455 e. The number of aromatic hydroxyl groups is 1. The van der Waals surface area contributed by atoms with Crippen molar-refractivity contribution in [3.8, 4) is 11.5 Å². The molecule has 49 heavy (non-hydrogen) atoms. The molecule has 0 saturated carbocycles. The Morgan fingerprint density at radius 2 is 1.61 bits per heavy atom. The van der Waals surface area contributed by atoms with Gasteiger partial charge in [0, 0.05) is 13.0 Å². The van der Waals surface area contributed by atoms with E-state index in [4.69, 9.17) is 14.5 Å². The highest BCUT2D eigenvalue weighted by atomic mass is 16.5. The molecule has 2 fully saturated rings. The van der Waals surface area contributed by atoms with Gasteiger partial charge in [-0.1, -0.05) is 73.2 Å². The normalized spacial score (nSPS) is 22.3. The SMILES string of the molecule is O=C(O)CCCCCN1C(=O)[C@@H]2[C@@H](CC(COc3ccccc3)=C3[C@@H](CC/C(=C/c4ccc(O)cc4)c4ccccc4)OB(O)C[C@@H]32)C1=O. The first-order valence-electron chi connectivity index (χ1n) is 17.1. The zero-order valence-electron chi connectivity index (χ0n) is 27.4. The molecule has 1 aliphatic carbocycles. The van der Waals surface area contributed by atoms with Gasteiger partial charge in [0.25, 0.3) is 0 Å². The molecular weight excluding hydrogens is 621 g/mol. The van der Waals surface area contributed by atoms with E-state index in [-0.39, 0.29) is 49.4 Å². The minimum absolute atomic E-state index is 0.0582. The van der Waals surface area contributed by atoms with Crippen molar-refractivity contribution in [1.82, 2.24) is 4.90 Å². The number of hydrogen-bond donors (Lipinski definition) is 3. The van der Waals surface area contributed by atoms with Gasteiger partial charge >= 0.3 is 13.1 Å². The fourth-order valence-electron chi connectivity index (χ4n) is 7.60. The third-order valence-electron chi connectivity index (χ3n) is 9.88. The number of hydrogen-bond acceptors (Lipinski definition) is 7. The van der Waals surface area contributed by atoms with E-state index in [0.717, 1.165) is 27.8 Å². The number of rotatable bonds is 14. The van der Waals surface area contributed by atoms with Gasteiger partial charge in [-0.15, -0.1) is 0 Å². The Balaban J connectivity index is 1.28. The van der Waals surface area contributed by atoms with E-state index in [1.165, 1.54) is 4.90 Å². The minimum atomic E-state index is -1.09. The van der Waals surface area contributed by atoms with Crippen molar-refractivity contribution in [2.75, 3.05) is 13.2 Å². The Labute approximate surface area is 287 Å². The summed E-state index contributed by atoms with van der Waals surface area (Å²) in [7, 11) is -1.09. The maximum Gasteiger partial charge on any atom is 0.455 e. The second-order valence-corrected chi connectivity index (χ2v) is 13.1. The second kappa shape index (κ2) is 15.7. The number of para-hydroxylation sites is 1. The van der Waals surface area contributed by atoms with Gasteiger partial charge in [-0.05, 0) is 96.5 Å². The first kappa shape index (κ1) is 34.2. The summed E-state index contributed by atoms with van der Waals surface area (Å²) in [6.07, 6.45) is 5.01. The quantitative estimate of drug-likeness (QED) is 0.0608. The molecule has 254 valence electrons. The van der Waals surface area contributed by atoms with Crippen molar-refractivity contribution in [3.05, 3.63) is 107 Å². The molecule has 2 heterocycles. The topological polar surface area (TPSA) is 134 Å². The maximum absolute atomic E-state index is 14.0. The molecule has 0 aromatic heterocycles. The van der Waals surface area contributed by atoms with Crippen molar-refractivity contribution < 1.29 is 39.0 Å². The number of carboxylic acid groups (broad SMARTS) is 1. The van der Waals surface area contributed by atoms with Gasteiger partial charge in [0.1, 0.15) is 18.1 Å². The van der Waals surface area contributed by atoms with Gasteiger partial charge in [0.2, 0.25) is 11.8 Å². The molecule has 3 aliphatic rings. The molecule has 0 bridgehead atoms. The van der Waals surface area contributed by atoms with Crippen LogP contribution in [-0.4, -0.2) is 64.3 Å². The fourth-order valence-corrected chi connectivity index (χ4v) is 7.60. The molecular formula is C39H42BNO8. The van der Waals surface area contributed by atoms with Crippen molar-refractivity contribution in [1.29, 1.82) is 0 Å². The van der Waals surface area contributed by atoms with Gasteiger partial charge in [-0.2, -0.15) is 0 Å². The standard InChI is InChI=1S/C39H42BNO8/c42-30-18-15-26(16-19-30)22-28(27-10-4-1-5-11-27)17-20-34-36-29(25-48-31-12-6-2-7-13-31)23-32-37(33(36)24-40(47)49-34)39(46)41(38(32)45)21-9-3-8-14-35(43)44/h1-2,4-7,10-13,15-16,18-19,22,32-34,37,42,47H,3,8-9,14,17,20-21,23-25H2,(H,43,44)/b28-22-/t32-,33+,34-,37-/m1/s1. The average Bonchev–Trinajstić information content (AvgIpc) is 3.34. The largest absolute Gasteiger partial charge is 0.508 e. The Kier molecular flexibility index (Phi) is 11.0. The molecule has 3 N–H and O–H groups in total. The van der Waals surface area contributed by atoms with E-state index < -0.39 is 31.0 Å². The number of carbonyl (C=O) groups is 3. The number of likely N-dealkylation sites (tertiary alicyclic amines) is 1. The number of imide groups is 1. The van der Waals surface area contributed by atoms with Crippen LogP contribution in [-0.2, 0) is 19.0 Å². The number of phenolic OH excluding ortho intramolecular Hbond substituents is 1. The van der Waals surface area contributed by atoms with Gasteiger partial charge in [0.05, 0.1) is 17.9 Å². The van der Waals surface area contributed by atoms with E-state index in [0.29, 0.717) is 44.3 Å². The summed E-state index contributed by atoms with van der Waals surface area (Å²) in [4.78, 5) is 40.0. The zero-order chi connectivity index (χ0) is 34.3. The molecule has 10 heteroatoms. The van der Waals surface area contributed by atoms with Gasteiger partial charge in [-0.25, -0.2) is 0 Å². The molecule has 4 atom stereocenters. The summed E-state index contributed by atoms with van der Waals surface area (Å²) < 4.78 is 12.5. The van der Waals surface area contributed by atoms with Crippen LogP contribution in [0.3, 0.4) is 0 Å². The third-order valence-corrected chi connectivity index (χ3v) is 9.88. The number of amides is 2.